The van der Waals surface area contributed by atoms with Gasteiger partial charge in [-0.3, -0.25) is 0 Å². The molecule has 1 aliphatic heterocycles. The van der Waals surface area contributed by atoms with Crippen molar-refractivity contribution in [2.45, 2.75) is 29.2 Å². The van der Waals surface area contributed by atoms with Crippen LogP contribution in [0.4, 0.5) is 10.1 Å². The number of fused-ring (bicyclic) bond motifs is 1. The Kier molecular flexibility index (Phi) is 6.34. The molecule has 0 radical (unpaired) electrons. The fourth-order valence-electron chi connectivity index (χ4n) is 2.91. The number of para-hydroxylation sites is 1. The zero-order valence-corrected chi connectivity index (χ0v) is 15.6. The lowest BCUT2D eigenvalue weighted by Gasteiger charge is -2.22. The first kappa shape index (κ1) is 18.2. The van der Waals surface area contributed by atoms with E-state index in [0.29, 0.717) is 0 Å². The highest BCUT2D eigenvalue weighted by Gasteiger charge is 2.25. The molecule has 5 heteroatoms. The molecule has 2 atom stereocenters. The highest BCUT2D eigenvalue weighted by atomic mass is 32.2. The number of rotatable bonds is 6. The minimum atomic E-state index is -0.197. The molecule has 3 rings (SSSR count). The molecule has 2 aromatic rings. The zero-order chi connectivity index (χ0) is 17.6. The molecular formula is C20H25FN2OS. The molecule has 0 fully saturated rings. The molecule has 25 heavy (non-hydrogen) atoms. The number of ether oxygens (including phenoxy) is 1. The fourth-order valence-corrected chi connectivity index (χ4v) is 4.20. The van der Waals surface area contributed by atoms with Crippen molar-refractivity contribution in [1.29, 1.82) is 0 Å². The molecule has 2 unspecified atom stereocenters. The van der Waals surface area contributed by atoms with Crippen LogP contribution >= 0.6 is 11.8 Å². The molecule has 0 aliphatic carbocycles. The minimum Gasteiger partial charge on any atom is -0.359 e. The Hall–Kier alpha value is -1.56. The second-order valence-electron chi connectivity index (χ2n) is 6.55. The summed E-state index contributed by atoms with van der Waals surface area (Å²) < 4.78 is 19.4. The van der Waals surface area contributed by atoms with E-state index in [9.17, 15) is 4.39 Å². The predicted molar refractivity (Wildman–Crippen MR) is 103 cm³/mol. The van der Waals surface area contributed by atoms with Crippen LogP contribution < -0.4 is 5.32 Å². The van der Waals surface area contributed by atoms with Crippen molar-refractivity contribution in [1.82, 2.24) is 4.90 Å². The molecule has 2 aromatic carbocycles. The number of thioether (sulfide) groups is 1. The lowest BCUT2D eigenvalue weighted by molar-refractivity contribution is 0.0615. The standard InChI is InChI=1S/C20H25FN2OS/c1-23(2)12-5-13-24-20-14-19(15-8-10-16(21)11-9-15)25-18-7-4-3-6-17(18)22-20/h3-4,6-11,19-20,22H,5,12-14H2,1-2H3. The normalized spacial score (nSPS) is 20.0. The van der Waals surface area contributed by atoms with E-state index in [4.69, 9.17) is 4.74 Å². The Labute approximate surface area is 153 Å². The van der Waals surface area contributed by atoms with Gasteiger partial charge in [0.05, 0.1) is 6.61 Å². The number of hydrogen-bond donors (Lipinski definition) is 1. The van der Waals surface area contributed by atoms with Gasteiger partial charge in [0.15, 0.2) is 0 Å². The summed E-state index contributed by atoms with van der Waals surface area (Å²) in [4.78, 5) is 3.37. The number of anilines is 1. The van der Waals surface area contributed by atoms with Crippen molar-refractivity contribution in [2.24, 2.45) is 0 Å². The summed E-state index contributed by atoms with van der Waals surface area (Å²) in [5.74, 6) is -0.197. The monoisotopic (exact) mass is 360 g/mol. The minimum absolute atomic E-state index is 0.0478. The van der Waals surface area contributed by atoms with E-state index < -0.39 is 0 Å². The summed E-state index contributed by atoms with van der Waals surface area (Å²) in [6, 6.07) is 15.1. The number of benzene rings is 2. The van der Waals surface area contributed by atoms with Gasteiger partial charge in [-0.25, -0.2) is 4.39 Å². The topological polar surface area (TPSA) is 24.5 Å². The van der Waals surface area contributed by atoms with E-state index >= 15 is 0 Å². The molecule has 3 nitrogen and oxygen atoms in total. The predicted octanol–water partition coefficient (Wildman–Crippen LogP) is 4.77. The largest absolute Gasteiger partial charge is 0.359 e. The molecule has 1 heterocycles. The van der Waals surface area contributed by atoms with Crippen LogP contribution in [-0.4, -0.2) is 38.4 Å². The van der Waals surface area contributed by atoms with Gasteiger partial charge < -0.3 is 15.0 Å². The smallest absolute Gasteiger partial charge is 0.129 e. The molecule has 0 amide bonds. The summed E-state index contributed by atoms with van der Waals surface area (Å²) in [6.07, 6.45) is 1.79. The summed E-state index contributed by atoms with van der Waals surface area (Å²) in [5.41, 5.74) is 2.24. The number of halogens is 1. The Bertz CT molecular complexity index is 678. The summed E-state index contributed by atoms with van der Waals surface area (Å²) in [6.45, 7) is 1.73. The van der Waals surface area contributed by atoms with Gasteiger partial charge in [-0.05, 0) is 56.9 Å². The molecule has 0 aromatic heterocycles. The van der Waals surface area contributed by atoms with E-state index in [1.807, 2.05) is 36.0 Å². The molecule has 0 saturated carbocycles. The van der Waals surface area contributed by atoms with Crippen LogP contribution in [0.1, 0.15) is 23.7 Å². The lowest BCUT2D eigenvalue weighted by atomic mass is 10.1. The van der Waals surface area contributed by atoms with Crippen molar-refractivity contribution < 1.29 is 9.13 Å². The van der Waals surface area contributed by atoms with Crippen LogP contribution in [0.15, 0.2) is 53.4 Å². The average Bonchev–Trinajstić information content (AvgIpc) is 2.78. The number of nitrogens with one attached hydrogen (secondary N) is 1. The van der Waals surface area contributed by atoms with E-state index in [2.05, 4.69) is 36.4 Å². The van der Waals surface area contributed by atoms with Gasteiger partial charge in [-0.2, -0.15) is 0 Å². The maximum absolute atomic E-state index is 13.3. The maximum atomic E-state index is 13.3. The van der Waals surface area contributed by atoms with Crippen molar-refractivity contribution in [3.05, 3.63) is 59.9 Å². The van der Waals surface area contributed by atoms with Crippen LogP contribution in [0, 0.1) is 5.82 Å². The quantitative estimate of drug-likeness (QED) is 0.750. The molecule has 1 N–H and O–H groups in total. The summed E-state index contributed by atoms with van der Waals surface area (Å²) >= 11 is 1.81. The van der Waals surface area contributed by atoms with Crippen LogP contribution in [0.3, 0.4) is 0 Å². The fraction of sp³-hybridized carbons (Fsp3) is 0.400. The average molecular weight is 360 g/mol. The highest BCUT2D eigenvalue weighted by molar-refractivity contribution is 7.99. The van der Waals surface area contributed by atoms with Crippen molar-refractivity contribution in [2.75, 3.05) is 32.6 Å². The van der Waals surface area contributed by atoms with E-state index in [0.717, 1.165) is 37.2 Å². The molecule has 0 spiro atoms. The summed E-state index contributed by atoms with van der Waals surface area (Å²) in [5, 5.41) is 3.76. The van der Waals surface area contributed by atoms with Crippen LogP contribution in [0.2, 0.25) is 0 Å². The Balaban J connectivity index is 1.74. The van der Waals surface area contributed by atoms with Crippen molar-refractivity contribution >= 4 is 17.4 Å². The third-order valence-electron chi connectivity index (χ3n) is 4.21. The van der Waals surface area contributed by atoms with Crippen LogP contribution in [0.25, 0.3) is 0 Å². The van der Waals surface area contributed by atoms with Crippen molar-refractivity contribution in [3.63, 3.8) is 0 Å². The lowest BCUT2D eigenvalue weighted by Crippen LogP contribution is -2.25. The van der Waals surface area contributed by atoms with E-state index in [1.165, 1.54) is 17.0 Å². The van der Waals surface area contributed by atoms with Crippen LogP contribution in [0.5, 0.6) is 0 Å². The van der Waals surface area contributed by atoms with Gasteiger partial charge >= 0.3 is 0 Å². The second kappa shape index (κ2) is 8.70. The molecular weight excluding hydrogens is 335 g/mol. The zero-order valence-electron chi connectivity index (χ0n) is 14.7. The van der Waals surface area contributed by atoms with Gasteiger partial charge in [0.25, 0.3) is 0 Å². The molecule has 1 aliphatic rings. The first-order valence-corrected chi connectivity index (χ1v) is 9.54. The van der Waals surface area contributed by atoms with Crippen molar-refractivity contribution in [3.8, 4) is 0 Å². The Morgan fingerprint density at radius 2 is 1.92 bits per heavy atom. The third kappa shape index (κ3) is 5.21. The second-order valence-corrected chi connectivity index (χ2v) is 7.80. The first-order valence-electron chi connectivity index (χ1n) is 8.66. The van der Waals surface area contributed by atoms with Gasteiger partial charge in [0.2, 0.25) is 0 Å². The van der Waals surface area contributed by atoms with Gasteiger partial charge in [0, 0.05) is 22.3 Å². The molecule has 0 bridgehead atoms. The summed E-state index contributed by atoms with van der Waals surface area (Å²) in [7, 11) is 4.14. The Morgan fingerprint density at radius 1 is 1.16 bits per heavy atom. The van der Waals surface area contributed by atoms with Crippen LogP contribution in [-0.2, 0) is 4.74 Å². The first-order chi connectivity index (χ1) is 12.1. The SMILES string of the molecule is CN(C)CCCOC1CC(c2ccc(F)cc2)Sc2ccccc2N1. The third-order valence-corrected chi connectivity index (χ3v) is 5.57. The molecule has 134 valence electrons. The Morgan fingerprint density at radius 3 is 2.68 bits per heavy atom. The van der Waals surface area contributed by atoms with E-state index in [-0.39, 0.29) is 17.3 Å². The maximum Gasteiger partial charge on any atom is 0.129 e. The van der Waals surface area contributed by atoms with Gasteiger partial charge in [-0.15, -0.1) is 11.8 Å². The van der Waals surface area contributed by atoms with Gasteiger partial charge in [-0.1, -0.05) is 24.3 Å². The number of hydrogen-bond acceptors (Lipinski definition) is 4. The number of nitrogens with zero attached hydrogens (tertiary/aromatic N) is 1. The van der Waals surface area contributed by atoms with Gasteiger partial charge in [0.1, 0.15) is 12.0 Å². The highest BCUT2D eigenvalue weighted by Crippen LogP contribution is 2.44. The van der Waals surface area contributed by atoms with E-state index in [1.54, 1.807) is 0 Å². The molecule has 0 saturated heterocycles.